The number of benzene rings is 2. The van der Waals surface area contributed by atoms with Crippen LogP contribution < -0.4 is 4.74 Å². The fraction of sp³-hybridized carbons (Fsp3) is 0.485. The summed E-state index contributed by atoms with van der Waals surface area (Å²) in [5.74, 6) is 1.24. The molecule has 2 aliphatic heterocycles. The van der Waals surface area contributed by atoms with Crippen molar-refractivity contribution in [3.05, 3.63) is 83.4 Å². The Morgan fingerprint density at radius 1 is 1.26 bits per heavy atom. The van der Waals surface area contributed by atoms with Crippen LogP contribution in [0.25, 0.3) is 6.08 Å². The van der Waals surface area contributed by atoms with Gasteiger partial charge in [-0.05, 0) is 68.3 Å². The summed E-state index contributed by atoms with van der Waals surface area (Å²) >= 11 is 0. The first-order valence-corrected chi connectivity index (χ1v) is 14.2. The third kappa shape index (κ3) is 3.70. The normalized spacial score (nSPS) is 31.2. The van der Waals surface area contributed by atoms with Crippen molar-refractivity contribution in [3.63, 3.8) is 0 Å². The van der Waals surface area contributed by atoms with Crippen molar-refractivity contribution in [2.75, 3.05) is 19.6 Å². The number of hydrogen-bond acceptors (Lipinski definition) is 4. The van der Waals surface area contributed by atoms with Crippen LogP contribution in [0.4, 0.5) is 0 Å². The van der Waals surface area contributed by atoms with Crippen molar-refractivity contribution in [2.45, 2.75) is 75.7 Å². The highest BCUT2D eigenvalue weighted by Gasteiger charge is 2.73. The topological polar surface area (TPSA) is 53.0 Å². The maximum absolute atomic E-state index is 13.8. The van der Waals surface area contributed by atoms with Crippen LogP contribution in [-0.4, -0.2) is 64.2 Å². The Morgan fingerprint density at radius 3 is 2.84 bits per heavy atom. The Hall–Kier alpha value is -2.89. The average Bonchev–Trinajstić information content (AvgIpc) is 3.23. The summed E-state index contributed by atoms with van der Waals surface area (Å²) in [6.45, 7) is 12.7. The Balaban J connectivity index is 1.40. The lowest BCUT2D eigenvalue weighted by Crippen LogP contribution is -2.78. The molecule has 0 unspecified atom stereocenters. The number of aliphatic hydroxyl groups is 1. The van der Waals surface area contributed by atoms with Gasteiger partial charge in [-0.25, -0.2) is 0 Å². The highest BCUT2D eigenvalue weighted by atomic mass is 16.5. The SMILES string of the molecule is C=CCN1CC[C@]23c4c5cccc4O[C@H]2[C@H](N(CC(C)C)C(=O)C=Cc2cccc(C)c2)CC[C@@]3(O)[C@H]1C5. The second-order valence-corrected chi connectivity index (χ2v) is 12.2. The number of carbonyl (C=O) groups is 1. The van der Waals surface area contributed by atoms with Gasteiger partial charge in [-0.15, -0.1) is 6.58 Å². The quantitative estimate of drug-likeness (QED) is 0.424. The highest BCUT2D eigenvalue weighted by Crippen LogP contribution is 2.64. The molecule has 1 spiro atoms. The van der Waals surface area contributed by atoms with E-state index >= 15 is 0 Å². The third-order valence-corrected chi connectivity index (χ3v) is 9.51. The standard InChI is InChI=1S/C33H40N2O3/c1-5-17-34-18-16-32-30-25-10-7-11-27(30)38-31(32)26(14-15-33(32,37)28(34)20-25)35(21-22(2)3)29(36)13-12-24-9-6-8-23(4)19-24/h5-13,19,22,26,28,31,37H,1,14-18,20-21H2,2-4H3/t26-,28-,31+,32+,33-/m1/s1. The second kappa shape index (κ2) is 9.39. The van der Waals surface area contributed by atoms with Gasteiger partial charge in [-0.3, -0.25) is 9.69 Å². The Labute approximate surface area is 226 Å². The zero-order chi connectivity index (χ0) is 26.7. The smallest absolute Gasteiger partial charge is 0.246 e. The van der Waals surface area contributed by atoms with Crippen LogP contribution >= 0.6 is 0 Å². The van der Waals surface area contributed by atoms with Crippen molar-refractivity contribution in [3.8, 4) is 5.75 Å². The van der Waals surface area contributed by atoms with Gasteiger partial charge in [0.15, 0.2) is 0 Å². The lowest BCUT2D eigenvalue weighted by atomic mass is 9.48. The molecule has 2 heterocycles. The molecule has 5 nitrogen and oxygen atoms in total. The van der Waals surface area contributed by atoms with Gasteiger partial charge in [-0.1, -0.05) is 61.9 Å². The van der Waals surface area contributed by atoms with Gasteiger partial charge in [0.25, 0.3) is 0 Å². The van der Waals surface area contributed by atoms with Crippen molar-refractivity contribution in [1.82, 2.24) is 9.80 Å². The minimum absolute atomic E-state index is 0.0169. The van der Waals surface area contributed by atoms with Crippen LogP contribution in [0.2, 0.25) is 0 Å². The number of ether oxygens (including phenoxy) is 1. The summed E-state index contributed by atoms with van der Waals surface area (Å²) in [5.41, 5.74) is 3.30. The van der Waals surface area contributed by atoms with Gasteiger partial charge in [-0.2, -0.15) is 0 Å². The fourth-order valence-corrected chi connectivity index (χ4v) is 8.10. The lowest BCUT2D eigenvalue weighted by molar-refractivity contribution is -0.199. The molecular weight excluding hydrogens is 472 g/mol. The summed E-state index contributed by atoms with van der Waals surface area (Å²) < 4.78 is 6.83. The molecule has 38 heavy (non-hydrogen) atoms. The van der Waals surface area contributed by atoms with E-state index in [-0.39, 0.29) is 24.1 Å². The van der Waals surface area contributed by atoms with Gasteiger partial charge >= 0.3 is 0 Å². The maximum atomic E-state index is 13.8. The van der Waals surface area contributed by atoms with E-state index in [0.717, 1.165) is 43.7 Å². The Bertz CT molecular complexity index is 1280. The fourth-order valence-electron chi connectivity index (χ4n) is 8.10. The van der Waals surface area contributed by atoms with Crippen molar-refractivity contribution < 1.29 is 14.6 Å². The molecule has 2 bridgehead atoms. The maximum Gasteiger partial charge on any atom is 0.246 e. The first-order valence-electron chi connectivity index (χ1n) is 14.2. The van der Waals surface area contributed by atoms with Gasteiger partial charge in [0, 0.05) is 30.8 Å². The molecule has 1 saturated carbocycles. The number of nitrogens with zero attached hydrogens (tertiary/aromatic N) is 2. The molecule has 2 fully saturated rings. The highest BCUT2D eigenvalue weighted by molar-refractivity contribution is 5.92. The van der Waals surface area contributed by atoms with Crippen LogP contribution in [0.15, 0.2) is 61.2 Å². The number of carbonyl (C=O) groups excluding carboxylic acids is 1. The van der Waals surface area contributed by atoms with E-state index in [4.69, 9.17) is 4.74 Å². The van der Waals surface area contributed by atoms with Gasteiger partial charge in [0.05, 0.1) is 17.1 Å². The summed E-state index contributed by atoms with van der Waals surface area (Å²) in [6, 6.07) is 14.5. The molecule has 5 atom stereocenters. The molecule has 5 heteroatoms. The summed E-state index contributed by atoms with van der Waals surface area (Å²) in [5, 5.41) is 12.6. The molecule has 2 aromatic carbocycles. The zero-order valence-corrected chi connectivity index (χ0v) is 22.9. The molecule has 6 rings (SSSR count). The van der Waals surface area contributed by atoms with Gasteiger partial charge in [0.2, 0.25) is 5.91 Å². The average molecular weight is 513 g/mol. The van der Waals surface area contributed by atoms with Crippen LogP contribution in [0.3, 0.4) is 0 Å². The molecule has 2 aliphatic carbocycles. The van der Waals surface area contributed by atoms with E-state index in [0.29, 0.717) is 18.9 Å². The first-order chi connectivity index (χ1) is 18.3. The molecule has 0 radical (unpaired) electrons. The van der Waals surface area contributed by atoms with Crippen molar-refractivity contribution in [1.29, 1.82) is 0 Å². The Kier molecular flexibility index (Phi) is 6.27. The van der Waals surface area contributed by atoms with E-state index in [9.17, 15) is 9.90 Å². The Morgan fingerprint density at radius 2 is 2.08 bits per heavy atom. The predicted molar refractivity (Wildman–Crippen MR) is 151 cm³/mol. The molecule has 2 aromatic rings. The lowest BCUT2D eigenvalue weighted by Gasteiger charge is -2.64. The molecule has 1 saturated heterocycles. The summed E-state index contributed by atoms with van der Waals surface area (Å²) in [6.07, 6.45) is 8.36. The number of hydrogen-bond donors (Lipinski definition) is 1. The van der Waals surface area contributed by atoms with Crippen molar-refractivity contribution in [2.24, 2.45) is 5.92 Å². The first kappa shape index (κ1) is 25.4. The van der Waals surface area contributed by atoms with Gasteiger partial charge < -0.3 is 14.7 Å². The van der Waals surface area contributed by atoms with Gasteiger partial charge in [0.1, 0.15) is 11.9 Å². The number of rotatable bonds is 7. The third-order valence-electron chi connectivity index (χ3n) is 9.51. The van der Waals surface area contributed by atoms with E-state index in [1.165, 1.54) is 16.7 Å². The van der Waals surface area contributed by atoms with E-state index in [1.807, 2.05) is 29.2 Å². The van der Waals surface area contributed by atoms with E-state index < -0.39 is 11.0 Å². The number of likely N-dealkylation sites (tertiary alicyclic amines) is 1. The largest absolute Gasteiger partial charge is 0.487 e. The zero-order valence-electron chi connectivity index (χ0n) is 22.9. The minimum atomic E-state index is -0.890. The summed E-state index contributed by atoms with van der Waals surface area (Å²) in [7, 11) is 0. The van der Waals surface area contributed by atoms with Crippen LogP contribution in [0.5, 0.6) is 5.75 Å². The number of aryl methyl sites for hydroxylation is 1. The number of piperidine rings is 1. The predicted octanol–water partition coefficient (Wildman–Crippen LogP) is 4.90. The molecule has 1 amide bonds. The van der Waals surface area contributed by atoms with Crippen molar-refractivity contribution >= 4 is 12.0 Å². The molecule has 4 aliphatic rings. The summed E-state index contributed by atoms with van der Waals surface area (Å²) in [4.78, 5) is 18.3. The molecular formula is C33H40N2O3. The van der Waals surface area contributed by atoms with Crippen LogP contribution in [0.1, 0.15) is 55.4 Å². The van der Waals surface area contributed by atoms with E-state index in [1.54, 1.807) is 6.08 Å². The monoisotopic (exact) mass is 512 g/mol. The van der Waals surface area contributed by atoms with Crippen LogP contribution in [-0.2, 0) is 16.6 Å². The molecule has 200 valence electrons. The molecule has 0 aromatic heterocycles. The molecule has 1 N–H and O–H groups in total. The number of amides is 1. The van der Waals surface area contributed by atoms with Crippen LogP contribution in [0, 0.1) is 12.8 Å². The minimum Gasteiger partial charge on any atom is -0.487 e. The second-order valence-electron chi connectivity index (χ2n) is 12.2. The van der Waals surface area contributed by atoms with E-state index in [2.05, 4.69) is 62.6 Å².